The van der Waals surface area contributed by atoms with Gasteiger partial charge in [0.15, 0.2) is 0 Å². The number of amides is 1. The van der Waals surface area contributed by atoms with E-state index in [4.69, 9.17) is 16.2 Å². The molecule has 0 aliphatic heterocycles. The van der Waals surface area contributed by atoms with Gasteiger partial charge in [0.25, 0.3) is 5.91 Å². The van der Waals surface area contributed by atoms with Crippen molar-refractivity contribution in [2.75, 3.05) is 6.61 Å². The zero-order valence-electron chi connectivity index (χ0n) is 10.4. The minimum Gasteiger partial charge on any atom is -0.491 e. The lowest BCUT2D eigenvalue weighted by molar-refractivity contribution is 0.0994. The van der Waals surface area contributed by atoms with Crippen molar-refractivity contribution in [1.82, 2.24) is 0 Å². The maximum Gasteiger partial charge on any atom is 0.252 e. The molecule has 0 aliphatic carbocycles. The third kappa shape index (κ3) is 3.46. The molecule has 4 nitrogen and oxygen atoms in total. The lowest BCUT2D eigenvalue weighted by Crippen LogP contribution is -2.44. The van der Waals surface area contributed by atoms with Gasteiger partial charge < -0.3 is 16.2 Å². The third-order valence-electron chi connectivity index (χ3n) is 3.08. The quantitative estimate of drug-likeness (QED) is 0.788. The molecule has 17 heavy (non-hydrogen) atoms. The number of ether oxygens (including phenoxy) is 1. The topological polar surface area (TPSA) is 78.3 Å². The average molecular weight is 236 g/mol. The Morgan fingerprint density at radius 2 is 1.88 bits per heavy atom. The van der Waals surface area contributed by atoms with Crippen molar-refractivity contribution in [1.29, 1.82) is 0 Å². The van der Waals surface area contributed by atoms with E-state index < -0.39 is 5.91 Å². The van der Waals surface area contributed by atoms with Crippen molar-refractivity contribution in [3.63, 3.8) is 0 Å². The Labute approximate surface area is 102 Å². The fraction of sp³-hybridized carbons (Fsp3) is 0.462. The molecular formula is C13H20N2O2. The lowest BCUT2D eigenvalue weighted by atomic mass is 9.95. The van der Waals surface area contributed by atoms with Crippen molar-refractivity contribution in [2.45, 2.75) is 32.2 Å². The molecule has 0 spiro atoms. The van der Waals surface area contributed by atoms with Gasteiger partial charge in [0.05, 0.1) is 5.56 Å². The number of carbonyl (C=O) groups excluding carboxylic acids is 1. The Morgan fingerprint density at radius 1 is 1.29 bits per heavy atom. The first-order chi connectivity index (χ1) is 8.02. The van der Waals surface area contributed by atoms with Gasteiger partial charge in [-0.05, 0) is 25.0 Å². The van der Waals surface area contributed by atoms with Gasteiger partial charge in [-0.15, -0.1) is 0 Å². The number of carbonyl (C=O) groups is 1. The summed E-state index contributed by atoms with van der Waals surface area (Å²) in [4.78, 5) is 11.2. The largest absolute Gasteiger partial charge is 0.491 e. The van der Waals surface area contributed by atoms with E-state index >= 15 is 0 Å². The third-order valence-corrected chi connectivity index (χ3v) is 3.08. The van der Waals surface area contributed by atoms with Crippen LogP contribution in [0.4, 0.5) is 0 Å². The second kappa shape index (κ2) is 5.68. The van der Waals surface area contributed by atoms with Crippen LogP contribution < -0.4 is 16.2 Å². The monoisotopic (exact) mass is 236 g/mol. The van der Waals surface area contributed by atoms with Crippen LogP contribution in [-0.2, 0) is 0 Å². The maximum absolute atomic E-state index is 11.2. The molecule has 1 rings (SSSR count). The fourth-order valence-corrected chi connectivity index (χ4v) is 1.47. The van der Waals surface area contributed by atoms with Gasteiger partial charge in [-0.3, -0.25) is 4.79 Å². The summed E-state index contributed by atoms with van der Waals surface area (Å²) in [5.74, 6) is 0.00735. The smallest absolute Gasteiger partial charge is 0.252 e. The van der Waals surface area contributed by atoms with Gasteiger partial charge >= 0.3 is 0 Å². The molecule has 0 aromatic heterocycles. The second-order valence-electron chi connectivity index (χ2n) is 4.22. The number of nitrogens with two attached hydrogens (primary N) is 2. The minimum atomic E-state index is -0.490. The predicted octanol–water partition coefficient (Wildman–Crippen LogP) is 1.68. The molecule has 0 atom stereocenters. The highest BCUT2D eigenvalue weighted by atomic mass is 16.5. The summed E-state index contributed by atoms with van der Waals surface area (Å²) in [6, 6.07) is 6.93. The van der Waals surface area contributed by atoms with Crippen molar-refractivity contribution in [2.24, 2.45) is 11.5 Å². The number of benzene rings is 1. The fourth-order valence-electron chi connectivity index (χ4n) is 1.47. The van der Waals surface area contributed by atoms with E-state index in [9.17, 15) is 4.79 Å². The summed E-state index contributed by atoms with van der Waals surface area (Å²) in [7, 11) is 0. The predicted molar refractivity (Wildman–Crippen MR) is 68.0 cm³/mol. The molecule has 0 radical (unpaired) electrons. The van der Waals surface area contributed by atoms with Crippen LogP contribution in [0.3, 0.4) is 0 Å². The SMILES string of the molecule is CCC(N)(CC)COc1ccccc1C(N)=O. The van der Waals surface area contributed by atoms with E-state index in [1.54, 1.807) is 24.3 Å². The van der Waals surface area contributed by atoms with Crippen LogP contribution in [-0.4, -0.2) is 18.1 Å². The van der Waals surface area contributed by atoms with Gasteiger partial charge in [-0.2, -0.15) is 0 Å². The number of primary amides is 1. The molecule has 4 N–H and O–H groups in total. The molecule has 94 valence electrons. The van der Waals surface area contributed by atoms with Crippen molar-refractivity contribution in [3.05, 3.63) is 29.8 Å². The standard InChI is InChI=1S/C13H20N2O2/c1-3-13(15,4-2)9-17-11-8-6-5-7-10(11)12(14)16/h5-8H,3-4,9,15H2,1-2H3,(H2,14,16). The lowest BCUT2D eigenvalue weighted by Gasteiger charge is -2.26. The molecule has 0 bridgehead atoms. The molecular weight excluding hydrogens is 216 g/mol. The van der Waals surface area contributed by atoms with E-state index in [-0.39, 0.29) is 5.54 Å². The van der Waals surface area contributed by atoms with Gasteiger partial charge in [-0.25, -0.2) is 0 Å². The summed E-state index contributed by atoms with van der Waals surface area (Å²) in [6.45, 7) is 4.42. The number of hydrogen-bond acceptors (Lipinski definition) is 3. The summed E-state index contributed by atoms with van der Waals surface area (Å²) in [6.07, 6.45) is 1.64. The number of para-hydroxylation sites is 1. The molecule has 1 aromatic carbocycles. The van der Waals surface area contributed by atoms with Crippen LogP contribution in [0, 0.1) is 0 Å². The Kier molecular flexibility index (Phi) is 4.52. The van der Waals surface area contributed by atoms with Gasteiger partial charge in [0.1, 0.15) is 12.4 Å². The molecule has 0 unspecified atom stereocenters. The van der Waals surface area contributed by atoms with Crippen LogP contribution in [0.2, 0.25) is 0 Å². The Hall–Kier alpha value is -1.55. The van der Waals surface area contributed by atoms with E-state index in [0.717, 1.165) is 12.8 Å². The first kappa shape index (κ1) is 13.5. The van der Waals surface area contributed by atoms with Crippen LogP contribution in [0.25, 0.3) is 0 Å². The Bertz CT molecular complexity index is 387. The van der Waals surface area contributed by atoms with Crippen LogP contribution >= 0.6 is 0 Å². The van der Waals surface area contributed by atoms with Crippen molar-refractivity contribution < 1.29 is 9.53 Å². The minimum absolute atomic E-state index is 0.356. The average Bonchev–Trinajstić information content (AvgIpc) is 2.36. The second-order valence-corrected chi connectivity index (χ2v) is 4.22. The highest BCUT2D eigenvalue weighted by Crippen LogP contribution is 2.20. The molecule has 4 heteroatoms. The van der Waals surface area contributed by atoms with Gasteiger partial charge in [0, 0.05) is 5.54 Å². The van der Waals surface area contributed by atoms with Crippen molar-refractivity contribution >= 4 is 5.91 Å². The Balaban J connectivity index is 2.79. The van der Waals surface area contributed by atoms with E-state index in [1.807, 2.05) is 13.8 Å². The van der Waals surface area contributed by atoms with Gasteiger partial charge in [0.2, 0.25) is 0 Å². The van der Waals surface area contributed by atoms with Crippen LogP contribution in [0.5, 0.6) is 5.75 Å². The molecule has 1 aromatic rings. The zero-order chi connectivity index (χ0) is 12.9. The molecule has 1 amide bonds. The first-order valence-electron chi connectivity index (χ1n) is 5.83. The first-order valence-corrected chi connectivity index (χ1v) is 5.83. The number of hydrogen-bond donors (Lipinski definition) is 2. The Morgan fingerprint density at radius 3 is 2.41 bits per heavy atom. The maximum atomic E-state index is 11.2. The normalized spacial score (nSPS) is 11.2. The molecule has 0 saturated carbocycles. The molecule has 0 heterocycles. The van der Waals surface area contributed by atoms with Crippen molar-refractivity contribution in [3.8, 4) is 5.75 Å². The molecule has 0 aliphatic rings. The summed E-state index contributed by atoms with van der Waals surface area (Å²) < 4.78 is 5.62. The van der Waals surface area contributed by atoms with Gasteiger partial charge in [-0.1, -0.05) is 26.0 Å². The highest BCUT2D eigenvalue weighted by molar-refractivity contribution is 5.95. The zero-order valence-corrected chi connectivity index (χ0v) is 10.4. The summed E-state index contributed by atoms with van der Waals surface area (Å²) >= 11 is 0. The number of rotatable bonds is 6. The highest BCUT2D eigenvalue weighted by Gasteiger charge is 2.22. The van der Waals surface area contributed by atoms with Crippen LogP contribution in [0.15, 0.2) is 24.3 Å². The molecule has 0 fully saturated rings. The van der Waals surface area contributed by atoms with E-state index in [2.05, 4.69) is 0 Å². The molecule has 0 saturated heterocycles. The summed E-state index contributed by atoms with van der Waals surface area (Å²) in [5.41, 5.74) is 11.4. The van der Waals surface area contributed by atoms with E-state index in [0.29, 0.717) is 17.9 Å². The van der Waals surface area contributed by atoms with E-state index in [1.165, 1.54) is 0 Å². The van der Waals surface area contributed by atoms with Crippen LogP contribution in [0.1, 0.15) is 37.0 Å². The summed E-state index contributed by atoms with van der Waals surface area (Å²) in [5, 5.41) is 0.